The maximum atomic E-state index is 13.0. The third kappa shape index (κ3) is 3.09. The number of ether oxygens (including phenoxy) is 1. The Kier molecular flexibility index (Phi) is 4.65. The number of rotatable bonds is 3. The zero-order valence-corrected chi connectivity index (χ0v) is 15.4. The van der Waals surface area contributed by atoms with Crippen LogP contribution in [0.25, 0.3) is 0 Å². The lowest BCUT2D eigenvalue weighted by Gasteiger charge is -2.29. The maximum Gasteiger partial charge on any atom is 0.304 e. The second kappa shape index (κ2) is 6.95. The Balaban J connectivity index is 1.49. The summed E-state index contributed by atoms with van der Waals surface area (Å²) in [6.45, 7) is 5.18. The monoisotopic (exact) mass is 377 g/mol. The van der Waals surface area contributed by atoms with Crippen LogP contribution in [0.15, 0.2) is 24.3 Å². The smallest absolute Gasteiger partial charge is 0.304 e. The topological polar surface area (TPSA) is 80.1 Å². The Morgan fingerprint density at radius 1 is 1.00 bits per heavy atom. The van der Waals surface area contributed by atoms with Crippen LogP contribution in [0.5, 0.6) is 0 Å². The lowest BCUT2D eigenvalue weighted by atomic mass is 10.2. The molecule has 3 saturated heterocycles. The average molecular weight is 377 g/mol. The molecule has 3 aliphatic heterocycles. The van der Waals surface area contributed by atoms with E-state index in [0.717, 1.165) is 32.0 Å². The normalized spacial score (nSPS) is 26.3. The van der Waals surface area contributed by atoms with Gasteiger partial charge in [-0.25, -0.2) is 0 Å². The number of anilines is 2. The van der Waals surface area contributed by atoms with Gasteiger partial charge in [-0.1, -0.05) is 0 Å². The molecule has 3 fully saturated rings. The third-order valence-electron chi connectivity index (χ3n) is 5.32. The number of nitriles is 1. The molecule has 4 rings (SSSR count). The van der Waals surface area contributed by atoms with Gasteiger partial charge in [-0.05, 0) is 30.7 Å². The van der Waals surface area contributed by atoms with Crippen molar-refractivity contribution < 1.29 is 13.2 Å². The van der Waals surface area contributed by atoms with Crippen molar-refractivity contribution in [2.24, 2.45) is 0 Å². The van der Waals surface area contributed by atoms with Crippen molar-refractivity contribution in [3.63, 3.8) is 0 Å². The first-order valence-corrected chi connectivity index (χ1v) is 10.4. The Bertz CT molecular complexity index is 786. The number of morpholine rings is 1. The first-order valence-electron chi connectivity index (χ1n) is 8.96. The zero-order valence-electron chi connectivity index (χ0n) is 14.6. The summed E-state index contributed by atoms with van der Waals surface area (Å²) in [6.07, 6.45) is 2.81. The number of hydrogen-bond acceptors (Lipinski definition) is 6. The van der Waals surface area contributed by atoms with Crippen LogP contribution in [-0.4, -0.2) is 76.1 Å². The minimum Gasteiger partial charge on any atom is -0.378 e. The van der Waals surface area contributed by atoms with Gasteiger partial charge >= 0.3 is 10.2 Å². The van der Waals surface area contributed by atoms with E-state index in [1.807, 2.05) is 24.3 Å². The van der Waals surface area contributed by atoms with E-state index >= 15 is 0 Å². The van der Waals surface area contributed by atoms with Gasteiger partial charge in [0.15, 0.2) is 6.19 Å². The van der Waals surface area contributed by atoms with E-state index in [9.17, 15) is 8.42 Å². The van der Waals surface area contributed by atoms with Crippen LogP contribution < -0.4 is 9.21 Å². The highest BCUT2D eigenvalue weighted by Gasteiger charge is 2.43. The van der Waals surface area contributed by atoms with Gasteiger partial charge in [0.05, 0.1) is 18.9 Å². The van der Waals surface area contributed by atoms with E-state index in [-0.39, 0.29) is 6.04 Å². The Hall–Kier alpha value is -2.02. The van der Waals surface area contributed by atoms with E-state index < -0.39 is 10.2 Å². The maximum absolute atomic E-state index is 13.0. The van der Waals surface area contributed by atoms with Crippen LogP contribution >= 0.6 is 0 Å². The molecule has 1 unspecified atom stereocenters. The minimum absolute atomic E-state index is 0.114. The highest BCUT2D eigenvalue weighted by Crippen LogP contribution is 2.30. The van der Waals surface area contributed by atoms with E-state index in [0.29, 0.717) is 38.3 Å². The summed E-state index contributed by atoms with van der Waals surface area (Å²) in [6, 6.07) is 7.60. The Morgan fingerprint density at radius 3 is 2.35 bits per heavy atom. The van der Waals surface area contributed by atoms with Crippen LogP contribution in [0.1, 0.15) is 6.42 Å². The first kappa shape index (κ1) is 17.4. The largest absolute Gasteiger partial charge is 0.378 e. The predicted molar refractivity (Wildman–Crippen MR) is 98.0 cm³/mol. The molecule has 8 nitrogen and oxygen atoms in total. The average Bonchev–Trinajstić information content (AvgIpc) is 3.26. The van der Waals surface area contributed by atoms with Crippen molar-refractivity contribution in [1.82, 2.24) is 9.21 Å². The Morgan fingerprint density at radius 2 is 1.69 bits per heavy atom. The molecule has 1 aromatic rings. The van der Waals surface area contributed by atoms with Gasteiger partial charge in [-0.2, -0.15) is 18.0 Å². The fourth-order valence-corrected chi connectivity index (χ4v) is 5.71. The molecule has 1 aromatic carbocycles. The second-order valence-electron chi connectivity index (χ2n) is 6.79. The second-order valence-corrected chi connectivity index (χ2v) is 8.60. The van der Waals surface area contributed by atoms with Crippen molar-refractivity contribution in [3.05, 3.63) is 24.3 Å². The van der Waals surface area contributed by atoms with Crippen LogP contribution in [0.2, 0.25) is 0 Å². The highest BCUT2D eigenvalue weighted by molar-refractivity contribution is 7.90. The molecule has 26 heavy (non-hydrogen) atoms. The van der Waals surface area contributed by atoms with Gasteiger partial charge in [-0.3, -0.25) is 4.31 Å². The first-order chi connectivity index (χ1) is 12.6. The molecule has 3 aliphatic rings. The standard InChI is InChI=1S/C17H23N5O3S/c18-14-19-6-5-17(13-19)22-8-7-21(26(22,23)24)16-3-1-15(2-4-16)20-9-11-25-12-10-20/h1-4,17H,5-13H2. The fraction of sp³-hybridized carbons (Fsp3) is 0.588. The van der Waals surface area contributed by atoms with Gasteiger partial charge < -0.3 is 14.5 Å². The van der Waals surface area contributed by atoms with Crippen molar-refractivity contribution in [2.45, 2.75) is 12.5 Å². The molecule has 0 N–H and O–H groups in total. The van der Waals surface area contributed by atoms with Crippen molar-refractivity contribution in [2.75, 3.05) is 61.7 Å². The van der Waals surface area contributed by atoms with Crippen molar-refractivity contribution >= 4 is 21.6 Å². The van der Waals surface area contributed by atoms with Gasteiger partial charge in [0.2, 0.25) is 0 Å². The molecule has 0 saturated carbocycles. The lowest BCUT2D eigenvalue weighted by molar-refractivity contribution is 0.122. The highest BCUT2D eigenvalue weighted by atomic mass is 32.2. The molecule has 0 bridgehead atoms. The predicted octanol–water partition coefficient (Wildman–Crippen LogP) is 0.445. The number of likely N-dealkylation sites (tertiary alicyclic amines) is 1. The molecule has 0 aromatic heterocycles. The molecule has 0 spiro atoms. The van der Waals surface area contributed by atoms with Crippen LogP contribution in [0, 0.1) is 11.5 Å². The third-order valence-corrected chi connectivity index (χ3v) is 7.35. The molecule has 9 heteroatoms. The SMILES string of the molecule is N#CN1CCC(N2CCN(c3ccc(N4CCOCC4)cc3)S2(=O)=O)C1. The molecule has 0 aliphatic carbocycles. The number of benzene rings is 1. The number of hydrogen-bond donors (Lipinski definition) is 0. The molecular formula is C17H23N5O3S. The van der Waals surface area contributed by atoms with Gasteiger partial charge in [0.25, 0.3) is 0 Å². The molecule has 0 amide bonds. The minimum atomic E-state index is -3.54. The van der Waals surface area contributed by atoms with E-state index in [4.69, 9.17) is 10.00 Å². The molecular weight excluding hydrogens is 354 g/mol. The van der Waals surface area contributed by atoms with Gasteiger partial charge in [0.1, 0.15) is 0 Å². The summed E-state index contributed by atoms with van der Waals surface area (Å²) in [7, 11) is -3.54. The molecule has 3 heterocycles. The lowest BCUT2D eigenvalue weighted by Crippen LogP contribution is -2.41. The summed E-state index contributed by atoms with van der Waals surface area (Å²) < 4.78 is 34.4. The Labute approximate surface area is 154 Å². The van der Waals surface area contributed by atoms with Crippen LogP contribution in [0.3, 0.4) is 0 Å². The van der Waals surface area contributed by atoms with E-state index in [1.54, 1.807) is 9.21 Å². The van der Waals surface area contributed by atoms with Crippen LogP contribution in [-0.2, 0) is 14.9 Å². The van der Waals surface area contributed by atoms with E-state index in [2.05, 4.69) is 11.1 Å². The fourth-order valence-electron chi connectivity index (χ4n) is 3.90. The summed E-state index contributed by atoms with van der Waals surface area (Å²) in [5.74, 6) is 0. The summed E-state index contributed by atoms with van der Waals surface area (Å²) >= 11 is 0. The van der Waals surface area contributed by atoms with E-state index in [1.165, 1.54) is 4.31 Å². The quantitative estimate of drug-likeness (QED) is 0.712. The molecule has 140 valence electrons. The van der Waals surface area contributed by atoms with Crippen LogP contribution in [0.4, 0.5) is 11.4 Å². The van der Waals surface area contributed by atoms with Gasteiger partial charge in [-0.15, -0.1) is 0 Å². The van der Waals surface area contributed by atoms with Crippen molar-refractivity contribution in [3.8, 4) is 6.19 Å². The van der Waals surface area contributed by atoms with Crippen molar-refractivity contribution in [1.29, 1.82) is 5.26 Å². The van der Waals surface area contributed by atoms with Gasteiger partial charge in [0, 0.05) is 51.0 Å². The zero-order chi connectivity index (χ0) is 18.1. The molecule has 1 atom stereocenters. The molecule has 0 radical (unpaired) electrons. The number of nitrogens with zero attached hydrogens (tertiary/aromatic N) is 5. The summed E-state index contributed by atoms with van der Waals surface area (Å²) in [5.41, 5.74) is 1.78. The summed E-state index contributed by atoms with van der Waals surface area (Å²) in [5, 5.41) is 9.01. The summed E-state index contributed by atoms with van der Waals surface area (Å²) in [4.78, 5) is 3.87.